The van der Waals surface area contributed by atoms with Crippen LogP contribution in [0.5, 0.6) is 0 Å². The van der Waals surface area contributed by atoms with E-state index in [0.717, 1.165) is 6.42 Å². The Morgan fingerprint density at radius 2 is 2.14 bits per heavy atom. The molecule has 2 unspecified atom stereocenters. The zero-order valence-electron chi connectivity index (χ0n) is 12.7. The van der Waals surface area contributed by atoms with Gasteiger partial charge in [0.2, 0.25) is 5.91 Å². The van der Waals surface area contributed by atoms with Crippen LogP contribution in [-0.2, 0) is 4.79 Å². The Labute approximate surface area is 125 Å². The van der Waals surface area contributed by atoms with E-state index in [1.807, 2.05) is 7.05 Å². The summed E-state index contributed by atoms with van der Waals surface area (Å²) < 4.78 is 13.2. The maximum atomic E-state index is 13.2. The van der Waals surface area contributed by atoms with Crippen LogP contribution >= 0.6 is 0 Å². The van der Waals surface area contributed by atoms with Crippen molar-refractivity contribution in [3.05, 3.63) is 24.0 Å². The molecule has 3 N–H and O–H groups in total. The van der Waals surface area contributed by atoms with Gasteiger partial charge in [-0.3, -0.25) is 9.69 Å². The molecule has 0 spiro atoms. The molecule has 2 rings (SSSR count). The molecule has 0 aliphatic heterocycles. The summed E-state index contributed by atoms with van der Waals surface area (Å²) >= 11 is 0. The Bertz CT molecular complexity index is 506. The number of hydrogen-bond donors (Lipinski definition) is 2. The first-order chi connectivity index (χ1) is 9.97. The standard InChI is InChI=1S/C16H24FN3O/c1-11-5-3-4-6-15(11)20(2)10-16(21)19-14-9-12(17)7-8-13(14)18/h7-9,11,15H,3-6,10,18H2,1-2H3,(H,19,21). The number of nitrogens with one attached hydrogen (secondary N) is 1. The van der Waals surface area contributed by atoms with Gasteiger partial charge in [0.05, 0.1) is 17.9 Å². The summed E-state index contributed by atoms with van der Waals surface area (Å²) in [5.41, 5.74) is 6.45. The fourth-order valence-electron chi connectivity index (χ4n) is 3.12. The van der Waals surface area contributed by atoms with E-state index in [4.69, 9.17) is 5.73 Å². The molecule has 0 heterocycles. The first kappa shape index (κ1) is 15.8. The van der Waals surface area contributed by atoms with Gasteiger partial charge in [-0.15, -0.1) is 0 Å². The molecule has 1 aromatic rings. The van der Waals surface area contributed by atoms with E-state index in [1.165, 1.54) is 37.5 Å². The van der Waals surface area contributed by atoms with Gasteiger partial charge in [0, 0.05) is 6.04 Å². The quantitative estimate of drug-likeness (QED) is 0.839. The van der Waals surface area contributed by atoms with Crippen LogP contribution in [0.1, 0.15) is 32.6 Å². The molecule has 0 saturated heterocycles. The van der Waals surface area contributed by atoms with Crippen LogP contribution in [0.25, 0.3) is 0 Å². The topological polar surface area (TPSA) is 58.4 Å². The van der Waals surface area contributed by atoms with E-state index in [0.29, 0.717) is 29.9 Å². The van der Waals surface area contributed by atoms with Gasteiger partial charge >= 0.3 is 0 Å². The number of likely N-dealkylation sites (N-methyl/N-ethyl adjacent to an activating group) is 1. The average Bonchev–Trinajstić information content (AvgIpc) is 2.43. The van der Waals surface area contributed by atoms with Crippen LogP contribution in [0, 0.1) is 11.7 Å². The number of nitrogen functional groups attached to an aromatic ring is 1. The van der Waals surface area contributed by atoms with Gasteiger partial charge in [-0.25, -0.2) is 4.39 Å². The second-order valence-corrected chi connectivity index (χ2v) is 6.02. The zero-order chi connectivity index (χ0) is 15.4. The number of nitrogens with two attached hydrogens (primary N) is 1. The Kier molecular flexibility index (Phi) is 5.17. The van der Waals surface area contributed by atoms with Crippen molar-refractivity contribution < 1.29 is 9.18 Å². The number of halogens is 1. The van der Waals surface area contributed by atoms with E-state index in [9.17, 15) is 9.18 Å². The van der Waals surface area contributed by atoms with Crippen LogP contribution in [0.15, 0.2) is 18.2 Å². The summed E-state index contributed by atoms with van der Waals surface area (Å²) in [5, 5.41) is 2.69. The van der Waals surface area contributed by atoms with Gasteiger partial charge in [0.1, 0.15) is 5.82 Å². The number of rotatable bonds is 4. The Morgan fingerprint density at radius 3 is 2.86 bits per heavy atom. The van der Waals surface area contributed by atoms with Crippen molar-refractivity contribution in [2.45, 2.75) is 38.6 Å². The molecule has 116 valence electrons. The zero-order valence-corrected chi connectivity index (χ0v) is 12.7. The maximum Gasteiger partial charge on any atom is 0.238 e. The third-order valence-electron chi connectivity index (χ3n) is 4.31. The number of anilines is 2. The lowest BCUT2D eigenvalue weighted by molar-refractivity contribution is -0.117. The van der Waals surface area contributed by atoms with Gasteiger partial charge in [0.15, 0.2) is 0 Å². The molecule has 4 nitrogen and oxygen atoms in total. The van der Waals surface area contributed by atoms with Crippen LogP contribution < -0.4 is 11.1 Å². The molecule has 1 amide bonds. The Balaban J connectivity index is 1.93. The summed E-state index contributed by atoms with van der Waals surface area (Å²) in [6, 6.07) is 4.42. The van der Waals surface area contributed by atoms with Crippen molar-refractivity contribution >= 4 is 17.3 Å². The molecule has 1 fully saturated rings. The number of carbonyl (C=O) groups is 1. The minimum Gasteiger partial charge on any atom is -0.397 e. The smallest absolute Gasteiger partial charge is 0.238 e. The van der Waals surface area contributed by atoms with Crippen LogP contribution in [0.4, 0.5) is 15.8 Å². The molecule has 5 heteroatoms. The first-order valence-corrected chi connectivity index (χ1v) is 7.52. The molecular formula is C16H24FN3O. The molecular weight excluding hydrogens is 269 g/mol. The predicted octanol–water partition coefficient (Wildman–Crippen LogP) is 2.86. The summed E-state index contributed by atoms with van der Waals surface area (Å²) in [5.74, 6) is 0.0390. The van der Waals surface area contributed by atoms with Crippen molar-refractivity contribution in [1.29, 1.82) is 0 Å². The molecule has 0 aromatic heterocycles. The third-order valence-corrected chi connectivity index (χ3v) is 4.31. The number of carbonyl (C=O) groups excluding carboxylic acids is 1. The predicted molar refractivity (Wildman–Crippen MR) is 83.5 cm³/mol. The second kappa shape index (κ2) is 6.89. The lowest BCUT2D eigenvalue weighted by Crippen LogP contribution is -2.42. The van der Waals surface area contributed by atoms with Crippen molar-refractivity contribution in [3.63, 3.8) is 0 Å². The fourth-order valence-corrected chi connectivity index (χ4v) is 3.12. The van der Waals surface area contributed by atoms with Crippen LogP contribution in [-0.4, -0.2) is 30.4 Å². The van der Waals surface area contributed by atoms with Crippen molar-refractivity contribution in [1.82, 2.24) is 4.90 Å². The van der Waals surface area contributed by atoms with E-state index in [2.05, 4.69) is 17.1 Å². The average molecular weight is 293 g/mol. The summed E-state index contributed by atoms with van der Waals surface area (Å²) in [7, 11) is 1.97. The highest BCUT2D eigenvalue weighted by Crippen LogP contribution is 2.27. The fraction of sp³-hybridized carbons (Fsp3) is 0.562. The van der Waals surface area contributed by atoms with Gasteiger partial charge in [0.25, 0.3) is 0 Å². The van der Waals surface area contributed by atoms with Crippen molar-refractivity contribution in [3.8, 4) is 0 Å². The number of benzene rings is 1. The second-order valence-electron chi connectivity index (χ2n) is 6.02. The lowest BCUT2D eigenvalue weighted by Gasteiger charge is -2.35. The van der Waals surface area contributed by atoms with Gasteiger partial charge < -0.3 is 11.1 Å². The lowest BCUT2D eigenvalue weighted by atomic mass is 9.85. The highest BCUT2D eigenvalue weighted by atomic mass is 19.1. The molecule has 1 aromatic carbocycles. The highest BCUT2D eigenvalue weighted by molar-refractivity contribution is 5.95. The number of amides is 1. The van der Waals surface area contributed by atoms with E-state index >= 15 is 0 Å². The van der Waals surface area contributed by atoms with Gasteiger partial charge in [-0.05, 0) is 44.0 Å². The molecule has 21 heavy (non-hydrogen) atoms. The van der Waals surface area contributed by atoms with E-state index in [1.54, 1.807) is 0 Å². The molecule has 1 aliphatic rings. The first-order valence-electron chi connectivity index (χ1n) is 7.52. The molecule has 0 bridgehead atoms. The highest BCUT2D eigenvalue weighted by Gasteiger charge is 2.26. The minimum atomic E-state index is -0.409. The number of hydrogen-bond acceptors (Lipinski definition) is 3. The minimum absolute atomic E-state index is 0.160. The molecule has 1 saturated carbocycles. The summed E-state index contributed by atoms with van der Waals surface area (Å²) in [6.07, 6.45) is 4.84. The normalized spacial score (nSPS) is 22.3. The summed E-state index contributed by atoms with van der Waals surface area (Å²) in [4.78, 5) is 14.2. The van der Waals surface area contributed by atoms with Crippen molar-refractivity contribution in [2.24, 2.45) is 5.92 Å². The molecule has 1 aliphatic carbocycles. The van der Waals surface area contributed by atoms with Gasteiger partial charge in [-0.2, -0.15) is 0 Å². The molecule has 2 atom stereocenters. The molecule has 0 radical (unpaired) electrons. The Hall–Kier alpha value is -1.62. The largest absolute Gasteiger partial charge is 0.397 e. The maximum absolute atomic E-state index is 13.2. The Morgan fingerprint density at radius 1 is 1.43 bits per heavy atom. The van der Waals surface area contributed by atoms with E-state index < -0.39 is 5.82 Å². The third kappa shape index (κ3) is 4.17. The van der Waals surface area contributed by atoms with Crippen molar-refractivity contribution in [2.75, 3.05) is 24.6 Å². The monoisotopic (exact) mass is 293 g/mol. The SMILES string of the molecule is CC1CCCCC1N(C)CC(=O)Nc1cc(F)ccc1N. The van der Waals surface area contributed by atoms with Crippen LogP contribution in [0.2, 0.25) is 0 Å². The van der Waals surface area contributed by atoms with Crippen LogP contribution in [0.3, 0.4) is 0 Å². The van der Waals surface area contributed by atoms with Gasteiger partial charge in [-0.1, -0.05) is 19.8 Å². The number of nitrogens with zero attached hydrogens (tertiary/aromatic N) is 1. The van der Waals surface area contributed by atoms with E-state index in [-0.39, 0.29) is 5.91 Å². The summed E-state index contributed by atoms with van der Waals surface area (Å²) in [6.45, 7) is 2.54.